The first-order valence-electron chi connectivity index (χ1n) is 2.57. The Kier molecular flexibility index (Phi) is 3.10. The number of carboxylic acids is 1. The predicted molar refractivity (Wildman–Crippen MR) is 31.3 cm³/mol. The summed E-state index contributed by atoms with van der Waals surface area (Å²) in [5, 5.41) is 9.92. The van der Waals surface area contributed by atoms with E-state index in [0.29, 0.717) is 6.29 Å². The van der Waals surface area contributed by atoms with Crippen LogP contribution in [0.5, 0.6) is 0 Å². The van der Waals surface area contributed by atoms with Crippen molar-refractivity contribution in [2.45, 2.75) is 13.0 Å². The second-order valence-corrected chi connectivity index (χ2v) is 1.70. The van der Waals surface area contributed by atoms with E-state index in [1.54, 1.807) is 0 Å². The van der Waals surface area contributed by atoms with Gasteiger partial charge in [0, 0.05) is 0 Å². The zero-order chi connectivity index (χ0) is 8.15. The van der Waals surface area contributed by atoms with Crippen molar-refractivity contribution in [2.75, 3.05) is 0 Å². The number of hydrogen-bond acceptors (Lipinski definition) is 3. The van der Waals surface area contributed by atoms with Gasteiger partial charge < -0.3 is 15.2 Å². The molecule has 0 heterocycles. The maximum absolute atomic E-state index is 10.2. The van der Waals surface area contributed by atoms with Gasteiger partial charge in [-0.2, -0.15) is 0 Å². The summed E-state index contributed by atoms with van der Waals surface area (Å²) in [5.41, 5.74) is 0. The number of aldehydes is 1. The highest BCUT2D eigenvalue weighted by Gasteiger charge is 2.12. The molecule has 0 aromatic carbocycles. The molecule has 0 aliphatic carbocycles. The van der Waals surface area contributed by atoms with Crippen molar-refractivity contribution in [3.8, 4) is 0 Å². The highest BCUT2D eigenvalue weighted by atomic mass is 16.4. The van der Waals surface area contributed by atoms with Gasteiger partial charge in [-0.3, -0.25) is 4.79 Å². The molecule has 0 radical (unpaired) electrons. The Hall–Kier alpha value is -1.39. The average Bonchev–Trinajstić information content (AvgIpc) is 1.87. The van der Waals surface area contributed by atoms with Gasteiger partial charge in [-0.25, -0.2) is 4.79 Å². The Morgan fingerprint density at radius 1 is 1.60 bits per heavy atom. The Morgan fingerprint density at radius 3 is 2.40 bits per heavy atom. The Bertz CT molecular complexity index is 165. The molecule has 0 rings (SSSR count). The quantitative estimate of drug-likeness (QED) is 0.376. The summed E-state index contributed by atoms with van der Waals surface area (Å²) in [7, 11) is 0. The number of carbonyl (C=O) groups excluding carboxylic acids is 2. The first kappa shape index (κ1) is 8.61. The van der Waals surface area contributed by atoms with Crippen LogP contribution in [0.4, 0.5) is 0 Å². The van der Waals surface area contributed by atoms with Crippen molar-refractivity contribution in [2.24, 2.45) is 0 Å². The van der Waals surface area contributed by atoms with Crippen LogP contribution in [0.1, 0.15) is 6.92 Å². The van der Waals surface area contributed by atoms with Crippen molar-refractivity contribution in [1.29, 1.82) is 0 Å². The number of carbonyl (C=O) groups is 3. The van der Waals surface area contributed by atoms with Crippen LogP contribution in [0, 0.1) is 0 Å². The summed E-state index contributed by atoms with van der Waals surface area (Å²) in [6.45, 7) is 1.38. The Morgan fingerprint density at radius 2 is 2.10 bits per heavy atom. The lowest BCUT2D eigenvalue weighted by molar-refractivity contribution is -0.150. The van der Waals surface area contributed by atoms with Crippen LogP contribution in [0.25, 0.3) is 0 Å². The summed E-state index contributed by atoms with van der Waals surface area (Å²) >= 11 is 0. The van der Waals surface area contributed by atoms with E-state index in [0.717, 1.165) is 0 Å². The summed E-state index contributed by atoms with van der Waals surface area (Å²) in [6.07, 6.45) is 0.445. The standard InChI is InChI=1S/C5H7NO4/c1-3(2-7)6-4(8)5(9)10/h2-3H,1H3,(H,6,8)(H,9,10). The Labute approximate surface area is 57.0 Å². The molecule has 0 fully saturated rings. The van der Waals surface area contributed by atoms with Crippen LogP contribution >= 0.6 is 0 Å². The molecule has 2 N–H and O–H groups in total. The lowest BCUT2D eigenvalue weighted by atomic mass is 10.4. The Balaban J connectivity index is 3.79. The minimum absolute atomic E-state index is 0.445. The summed E-state index contributed by atoms with van der Waals surface area (Å²) in [5.74, 6) is -2.76. The number of carboxylic acid groups (broad SMARTS) is 1. The molecule has 0 bridgehead atoms. The van der Waals surface area contributed by atoms with E-state index in [1.165, 1.54) is 6.92 Å². The molecule has 0 aliphatic rings. The molecule has 56 valence electrons. The number of nitrogens with one attached hydrogen (secondary N) is 1. The van der Waals surface area contributed by atoms with Crippen molar-refractivity contribution in [1.82, 2.24) is 5.32 Å². The third kappa shape index (κ3) is 2.81. The highest BCUT2D eigenvalue weighted by molar-refractivity contribution is 6.31. The van der Waals surface area contributed by atoms with Crippen LogP contribution in [0.3, 0.4) is 0 Å². The van der Waals surface area contributed by atoms with Gasteiger partial charge in [0.15, 0.2) is 0 Å². The van der Waals surface area contributed by atoms with Gasteiger partial charge in [-0.15, -0.1) is 0 Å². The summed E-state index contributed by atoms with van der Waals surface area (Å²) in [4.78, 5) is 29.9. The molecule has 5 heteroatoms. The average molecular weight is 145 g/mol. The lowest BCUT2D eigenvalue weighted by Gasteiger charge is -2.01. The van der Waals surface area contributed by atoms with Crippen molar-refractivity contribution in [3.05, 3.63) is 0 Å². The fourth-order valence-electron chi connectivity index (χ4n) is 0.303. The van der Waals surface area contributed by atoms with Crippen molar-refractivity contribution >= 4 is 18.2 Å². The molecule has 0 saturated carbocycles. The topological polar surface area (TPSA) is 83.5 Å². The first-order valence-corrected chi connectivity index (χ1v) is 2.57. The molecular formula is C5H7NO4. The minimum atomic E-state index is -1.59. The smallest absolute Gasteiger partial charge is 0.394 e. The molecule has 5 nitrogen and oxygen atoms in total. The molecule has 1 unspecified atom stereocenters. The fourth-order valence-corrected chi connectivity index (χ4v) is 0.303. The van der Waals surface area contributed by atoms with Crippen LogP contribution in [-0.4, -0.2) is 29.3 Å². The van der Waals surface area contributed by atoms with E-state index in [2.05, 4.69) is 0 Å². The summed E-state index contributed by atoms with van der Waals surface area (Å²) < 4.78 is 0. The van der Waals surface area contributed by atoms with E-state index < -0.39 is 17.9 Å². The third-order valence-corrected chi connectivity index (χ3v) is 0.757. The number of aliphatic carboxylic acids is 1. The molecule has 0 spiro atoms. The van der Waals surface area contributed by atoms with E-state index >= 15 is 0 Å². The van der Waals surface area contributed by atoms with Gasteiger partial charge in [0.1, 0.15) is 6.29 Å². The van der Waals surface area contributed by atoms with Crippen LogP contribution < -0.4 is 5.32 Å². The molecule has 1 atom stereocenters. The van der Waals surface area contributed by atoms with Crippen LogP contribution in [0.15, 0.2) is 0 Å². The van der Waals surface area contributed by atoms with Gasteiger partial charge in [0.05, 0.1) is 6.04 Å². The van der Waals surface area contributed by atoms with Gasteiger partial charge >= 0.3 is 11.9 Å². The SMILES string of the molecule is CC(C=O)NC(=O)C(=O)O. The maximum atomic E-state index is 10.2. The lowest BCUT2D eigenvalue weighted by Crippen LogP contribution is -2.38. The van der Waals surface area contributed by atoms with E-state index in [-0.39, 0.29) is 0 Å². The molecule has 0 saturated heterocycles. The third-order valence-electron chi connectivity index (χ3n) is 0.757. The summed E-state index contributed by atoms with van der Waals surface area (Å²) in [6, 6.07) is -0.747. The molecule has 0 aromatic rings. The number of rotatable bonds is 2. The molecule has 0 aliphatic heterocycles. The predicted octanol–water partition coefficient (Wildman–Crippen LogP) is -1.23. The van der Waals surface area contributed by atoms with Crippen molar-refractivity contribution < 1.29 is 19.5 Å². The zero-order valence-corrected chi connectivity index (χ0v) is 5.33. The van der Waals surface area contributed by atoms with Gasteiger partial charge in [0.25, 0.3) is 0 Å². The van der Waals surface area contributed by atoms with Crippen molar-refractivity contribution in [3.63, 3.8) is 0 Å². The minimum Gasteiger partial charge on any atom is -0.474 e. The first-order chi connectivity index (χ1) is 4.57. The number of amides is 1. The maximum Gasteiger partial charge on any atom is 0.394 e. The van der Waals surface area contributed by atoms with E-state index in [9.17, 15) is 14.4 Å². The van der Waals surface area contributed by atoms with Gasteiger partial charge in [-0.05, 0) is 6.92 Å². The van der Waals surface area contributed by atoms with Gasteiger partial charge in [0.2, 0.25) is 0 Å². The van der Waals surface area contributed by atoms with E-state index in [1.807, 2.05) is 5.32 Å². The molecule has 0 aromatic heterocycles. The molecule has 10 heavy (non-hydrogen) atoms. The zero-order valence-electron chi connectivity index (χ0n) is 5.33. The highest BCUT2D eigenvalue weighted by Crippen LogP contribution is 1.73. The largest absolute Gasteiger partial charge is 0.474 e. The van der Waals surface area contributed by atoms with Crippen LogP contribution in [-0.2, 0) is 14.4 Å². The number of hydrogen-bond donors (Lipinski definition) is 2. The molecule has 1 amide bonds. The van der Waals surface area contributed by atoms with E-state index in [4.69, 9.17) is 5.11 Å². The molecular weight excluding hydrogens is 138 g/mol. The second-order valence-electron chi connectivity index (χ2n) is 1.70. The monoisotopic (exact) mass is 145 g/mol. The van der Waals surface area contributed by atoms with Gasteiger partial charge in [-0.1, -0.05) is 0 Å². The second kappa shape index (κ2) is 3.60. The van der Waals surface area contributed by atoms with Crippen LogP contribution in [0.2, 0.25) is 0 Å². The fraction of sp³-hybridized carbons (Fsp3) is 0.400. The normalized spacial score (nSPS) is 11.7.